The number of carbonyl (C=O) groups excluding carboxylic acids is 1. The maximum absolute atomic E-state index is 11.7. The number of halogens is 1. The monoisotopic (exact) mass is 252 g/mol. The van der Waals surface area contributed by atoms with Crippen LogP contribution in [0.4, 0.5) is 0 Å². The molecule has 92 valence electrons. The minimum atomic E-state index is 0.0826. The summed E-state index contributed by atoms with van der Waals surface area (Å²) in [6.45, 7) is 2.86. The lowest BCUT2D eigenvalue weighted by molar-refractivity contribution is -0.120. The second-order valence-corrected chi connectivity index (χ2v) is 4.90. The van der Waals surface area contributed by atoms with Crippen molar-refractivity contribution in [2.45, 2.75) is 12.8 Å². The first kappa shape index (κ1) is 12.4. The van der Waals surface area contributed by atoms with Gasteiger partial charge in [0.25, 0.3) is 0 Å². The molecule has 3 nitrogen and oxygen atoms in total. The molecular weight excluding hydrogens is 236 g/mol. The summed E-state index contributed by atoms with van der Waals surface area (Å²) in [7, 11) is 0. The summed E-state index contributed by atoms with van der Waals surface area (Å²) in [5, 5.41) is 6.96. The molecule has 0 bridgehead atoms. The lowest BCUT2D eigenvalue weighted by atomic mass is 10.1. The van der Waals surface area contributed by atoms with Gasteiger partial charge in [-0.1, -0.05) is 23.7 Å². The molecule has 1 atom stereocenters. The molecular formula is C13H17ClN2O. The Labute approximate surface area is 107 Å². The first-order chi connectivity index (χ1) is 8.24. The first-order valence-electron chi connectivity index (χ1n) is 5.96. The van der Waals surface area contributed by atoms with E-state index in [9.17, 15) is 4.79 Å². The van der Waals surface area contributed by atoms with Gasteiger partial charge in [-0.25, -0.2) is 0 Å². The summed E-state index contributed by atoms with van der Waals surface area (Å²) in [6.07, 6.45) is 1.58. The second-order valence-electron chi connectivity index (χ2n) is 4.47. The summed E-state index contributed by atoms with van der Waals surface area (Å²) in [5.41, 5.74) is 0.997. The minimum Gasteiger partial charge on any atom is -0.355 e. The van der Waals surface area contributed by atoms with Crippen molar-refractivity contribution in [3.8, 4) is 0 Å². The zero-order valence-electron chi connectivity index (χ0n) is 9.71. The average molecular weight is 253 g/mol. The van der Waals surface area contributed by atoms with Gasteiger partial charge in [-0.3, -0.25) is 4.79 Å². The lowest BCUT2D eigenvalue weighted by Gasteiger charge is -2.10. The van der Waals surface area contributed by atoms with E-state index < -0.39 is 0 Å². The molecule has 1 fully saturated rings. The fraction of sp³-hybridized carbons (Fsp3) is 0.462. The Morgan fingerprint density at radius 1 is 1.41 bits per heavy atom. The normalized spacial score (nSPS) is 19.2. The fourth-order valence-electron chi connectivity index (χ4n) is 2.00. The average Bonchev–Trinajstić information content (AvgIpc) is 2.83. The van der Waals surface area contributed by atoms with Crippen molar-refractivity contribution in [3.05, 3.63) is 34.9 Å². The Morgan fingerprint density at radius 3 is 2.82 bits per heavy atom. The maximum Gasteiger partial charge on any atom is 0.224 e. The van der Waals surface area contributed by atoms with E-state index in [0.717, 1.165) is 31.6 Å². The van der Waals surface area contributed by atoms with Gasteiger partial charge in [0.2, 0.25) is 5.91 Å². The van der Waals surface area contributed by atoms with E-state index in [0.29, 0.717) is 17.4 Å². The Hall–Kier alpha value is -1.06. The molecule has 1 aromatic rings. The van der Waals surface area contributed by atoms with E-state index in [-0.39, 0.29) is 5.91 Å². The number of amides is 1. The molecule has 2 N–H and O–H groups in total. The molecule has 4 heteroatoms. The van der Waals surface area contributed by atoms with Crippen LogP contribution >= 0.6 is 11.6 Å². The van der Waals surface area contributed by atoms with E-state index in [2.05, 4.69) is 10.6 Å². The standard InChI is InChI=1S/C13H17ClN2O/c14-12-3-1-10(2-4-12)7-13(17)16-9-11-5-6-15-8-11/h1-4,11,15H,5-9H2,(H,16,17). The topological polar surface area (TPSA) is 41.1 Å². The van der Waals surface area contributed by atoms with Crippen molar-refractivity contribution in [2.24, 2.45) is 5.92 Å². The van der Waals surface area contributed by atoms with Crippen LogP contribution in [0.5, 0.6) is 0 Å². The van der Waals surface area contributed by atoms with Crippen molar-refractivity contribution >= 4 is 17.5 Å². The molecule has 0 aliphatic carbocycles. The second kappa shape index (κ2) is 6.03. The van der Waals surface area contributed by atoms with Crippen LogP contribution in [0.2, 0.25) is 5.02 Å². The highest BCUT2D eigenvalue weighted by molar-refractivity contribution is 6.30. The van der Waals surface area contributed by atoms with Gasteiger partial charge in [0.05, 0.1) is 6.42 Å². The number of rotatable bonds is 4. The zero-order chi connectivity index (χ0) is 12.1. The minimum absolute atomic E-state index is 0.0826. The summed E-state index contributed by atoms with van der Waals surface area (Å²) >= 11 is 5.79. The Bertz CT molecular complexity index is 372. The number of carbonyl (C=O) groups is 1. The quantitative estimate of drug-likeness (QED) is 0.855. The van der Waals surface area contributed by atoms with Crippen molar-refractivity contribution in [1.29, 1.82) is 0 Å². The SMILES string of the molecule is O=C(Cc1ccc(Cl)cc1)NCC1CCNC1. The van der Waals surface area contributed by atoms with Crippen LogP contribution in [0.25, 0.3) is 0 Å². The van der Waals surface area contributed by atoms with Crippen LogP contribution in [-0.2, 0) is 11.2 Å². The Kier molecular flexibility index (Phi) is 4.40. The fourth-order valence-corrected chi connectivity index (χ4v) is 2.12. The number of hydrogen-bond acceptors (Lipinski definition) is 2. The van der Waals surface area contributed by atoms with Crippen molar-refractivity contribution in [3.63, 3.8) is 0 Å². The van der Waals surface area contributed by atoms with Gasteiger partial charge in [-0.15, -0.1) is 0 Å². The highest BCUT2D eigenvalue weighted by Gasteiger charge is 2.14. The Balaban J connectivity index is 1.74. The van der Waals surface area contributed by atoms with Gasteiger partial charge >= 0.3 is 0 Å². The zero-order valence-corrected chi connectivity index (χ0v) is 10.5. The smallest absolute Gasteiger partial charge is 0.224 e. The molecule has 1 saturated heterocycles. The van der Waals surface area contributed by atoms with E-state index in [1.807, 2.05) is 24.3 Å². The molecule has 1 unspecified atom stereocenters. The number of benzene rings is 1. The van der Waals surface area contributed by atoms with Crippen LogP contribution in [-0.4, -0.2) is 25.5 Å². The Morgan fingerprint density at radius 2 is 2.18 bits per heavy atom. The van der Waals surface area contributed by atoms with Gasteiger partial charge in [0, 0.05) is 11.6 Å². The van der Waals surface area contributed by atoms with Crippen LogP contribution in [0.15, 0.2) is 24.3 Å². The van der Waals surface area contributed by atoms with Gasteiger partial charge in [0.1, 0.15) is 0 Å². The molecule has 0 spiro atoms. The predicted octanol–water partition coefficient (Wildman–Crippen LogP) is 1.61. The third-order valence-corrected chi connectivity index (χ3v) is 3.28. The van der Waals surface area contributed by atoms with Crippen molar-refractivity contribution in [2.75, 3.05) is 19.6 Å². The molecule has 1 aliphatic heterocycles. The maximum atomic E-state index is 11.7. The summed E-state index contributed by atoms with van der Waals surface area (Å²) < 4.78 is 0. The van der Waals surface area contributed by atoms with Gasteiger partial charge in [0.15, 0.2) is 0 Å². The molecule has 1 amide bonds. The van der Waals surface area contributed by atoms with E-state index in [1.54, 1.807) is 0 Å². The van der Waals surface area contributed by atoms with Crippen LogP contribution in [0.3, 0.4) is 0 Å². The molecule has 1 heterocycles. The van der Waals surface area contributed by atoms with Crippen LogP contribution < -0.4 is 10.6 Å². The van der Waals surface area contributed by atoms with E-state index in [4.69, 9.17) is 11.6 Å². The number of hydrogen-bond donors (Lipinski definition) is 2. The third-order valence-electron chi connectivity index (χ3n) is 3.03. The third kappa shape index (κ3) is 4.02. The highest BCUT2D eigenvalue weighted by atomic mass is 35.5. The molecule has 0 radical (unpaired) electrons. The molecule has 0 aromatic heterocycles. The van der Waals surface area contributed by atoms with Crippen molar-refractivity contribution < 1.29 is 4.79 Å². The lowest BCUT2D eigenvalue weighted by Crippen LogP contribution is -2.31. The molecule has 1 aromatic carbocycles. The van der Waals surface area contributed by atoms with E-state index in [1.165, 1.54) is 0 Å². The summed E-state index contributed by atoms with van der Waals surface area (Å²) in [4.78, 5) is 11.7. The van der Waals surface area contributed by atoms with Crippen LogP contribution in [0.1, 0.15) is 12.0 Å². The van der Waals surface area contributed by atoms with Crippen LogP contribution in [0, 0.1) is 5.92 Å². The first-order valence-corrected chi connectivity index (χ1v) is 6.33. The van der Waals surface area contributed by atoms with Gasteiger partial charge in [-0.2, -0.15) is 0 Å². The molecule has 2 rings (SSSR count). The predicted molar refractivity (Wildman–Crippen MR) is 69.1 cm³/mol. The largest absolute Gasteiger partial charge is 0.355 e. The summed E-state index contributed by atoms with van der Waals surface area (Å²) in [5.74, 6) is 0.670. The van der Waals surface area contributed by atoms with Gasteiger partial charge < -0.3 is 10.6 Å². The molecule has 17 heavy (non-hydrogen) atoms. The number of nitrogens with one attached hydrogen (secondary N) is 2. The van der Waals surface area contributed by atoms with Gasteiger partial charge in [-0.05, 0) is 43.1 Å². The van der Waals surface area contributed by atoms with Crippen molar-refractivity contribution in [1.82, 2.24) is 10.6 Å². The molecule has 1 aliphatic rings. The highest BCUT2D eigenvalue weighted by Crippen LogP contribution is 2.10. The summed E-state index contributed by atoms with van der Waals surface area (Å²) in [6, 6.07) is 7.40. The molecule has 0 saturated carbocycles. The van der Waals surface area contributed by atoms with E-state index >= 15 is 0 Å².